The second-order valence-corrected chi connectivity index (χ2v) is 4.94. The molecule has 6 heteroatoms. The first-order valence-corrected chi connectivity index (χ1v) is 6.60. The highest BCUT2D eigenvalue weighted by molar-refractivity contribution is 5.44. The number of nitrogens with two attached hydrogens (primary N) is 1. The molecule has 0 aliphatic carbocycles. The van der Waals surface area contributed by atoms with Gasteiger partial charge in [0.05, 0.1) is 12.6 Å². The molecule has 3 N–H and O–H groups in total. The Labute approximate surface area is 117 Å². The number of benzene rings is 1. The van der Waals surface area contributed by atoms with Crippen LogP contribution in [0.5, 0.6) is 5.75 Å². The summed E-state index contributed by atoms with van der Waals surface area (Å²) in [4.78, 5) is 12.4. The molecule has 2 aromatic rings. The number of aryl methyl sites for hydroxylation is 2. The maximum Gasteiger partial charge on any atom is 0.228 e. The minimum Gasteiger partial charge on any atom is -0.493 e. The fraction of sp³-hybridized carbons (Fsp3) is 0.357. The van der Waals surface area contributed by atoms with Crippen molar-refractivity contribution in [1.29, 1.82) is 0 Å². The SMILES string of the molecule is Cc1ccc2c(c1)C(Nc1nc(C)nc(N)n1)CCO2. The van der Waals surface area contributed by atoms with Crippen LogP contribution in [0.3, 0.4) is 0 Å². The number of hydrogen-bond donors (Lipinski definition) is 2. The molecule has 3 rings (SSSR count). The predicted molar refractivity (Wildman–Crippen MR) is 76.6 cm³/mol. The number of rotatable bonds is 2. The fourth-order valence-electron chi connectivity index (χ4n) is 2.39. The third kappa shape index (κ3) is 2.49. The first-order chi connectivity index (χ1) is 9.61. The number of ether oxygens (including phenoxy) is 1. The molecule has 1 unspecified atom stereocenters. The lowest BCUT2D eigenvalue weighted by Crippen LogP contribution is -2.22. The topological polar surface area (TPSA) is 86.0 Å². The number of anilines is 2. The van der Waals surface area contributed by atoms with Crippen LogP contribution in [0.1, 0.15) is 29.4 Å². The van der Waals surface area contributed by atoms with Crippen LogP contribution in [0.4, 0.5) is 11.9 Å². The molecule has 0 bridgehead atoms. The van der Waals surface area contributed by atoms with Crippen LogP contribution < -0.4 is 15.8 Å². The van der Waals surface area contributed by atoms with Crippen molar-refractivity contribution < 1.29 is 4.74 Å². The molecule has 1 aromatic carbocycles. The minimum atomic E-state index is 0.125. The third-order valence-corrected chi connectivity index (χ3v) is 3.27. The van der Waals surface area contributed by atoms with Gasteiger partial charge in [0.1, 0.15) is 11.6 Å². The predicted octanol–water partition coefficient (Wildman–Crippen LogP) is 2.01. The van der Waals surface area contributed by atoms with Gasteiger partial charge in [-0.05, 0) is 19.9 Å². The van der Waals surface area contributed by atoms with E-state index in [1.165, 1.54) is 5.56 Å². The van der Waals surface area contributed by atoms with Crippen molar-refractivity contribution in [3.05, 3.63) is 35.2 Å². The molecular formula is C14H17N5O. The van der Waals surface area contributed by atoms with Gasteiger partial charge in [0.25, 0.3) is 0 Å². The smallest absolute Gasteiger partial charge is 0.228 e. The first-order valence-electron chi connectivity index (χ1n) is 6.60. The second kappa shape index (κ2) is 4.96. The van der Waals surface area contributed by atoms with E-state index in [4.69, 9.17) is 10.5 Å². The Kier molecular flexibility index (Phi) is 3.14. The maximum absolute atomic E-state index is 5.68. The Morgan fingerprint density at radius 2 is 2.10 bits per heavy atom. The van der Waals surface area contributed by atoms with Crippen LogP contribution in [0.2, 0.25) is 0 Å². The largest absolute Gasteiger partial charge is 0.493 e. The van der Waals surface area contributed by atoms with Crippen LogP contribution in [0.25, 0.3) is 0 Å². The second-order valence-electron chi connectivity index (χ2n) is 4.94. The summed E-state index contributed by atoms with van der Waals surface area (Å²) in [6, 6.07) is 6.31. The van der Waals surface area contributed by atoms with Gasteiger partial charge in [-0.2, -0.15) is 15.0 Å². The van der Waals surface area contributed by atoms with Crippen molar-refractivity contribution in [2.75, 3.05) is 17.7 Å². The van der Waals surface area contributed by atoms with Crippen molar-refractivity contribution in [2.24, 2.45) is 0 Å². The van der Waals surface area contributed by atoms with Gasteiger partial charge in [0.15, 0.2) is 0 Å². The summed E-state index contributed by atoms with van der Waals surface area (Å²) in [5.41, 5.74) is 7.99. The molecule has 6 nitrogen and oxygen atoms in total. The molecule has 0 saturated carbocycles. The zero-order valence-electron chi connectivity index (χ0n) is 11.6. The molecular weight excluding hydrogens is 254 g/mol. The van der Waals surface area contributed by atoms with E-state index in [1.54, 1.807) is 6.92 Å². The van der Waals surface area contributed by atoms with Crippen molar-refractivity contribution in [3.8, 4) is 5.75 Å². The summed E-state index contributed by atoms with van der Waals surface area (Å²) >= 11 is 0. The Balaban J connectivity index is 1.91. The number of nitrogens with one attached hydrogen (secondary N) is 1. The van der Waals surface area contributed by atoms with E-state index in [9.17, 15) is 0 Å². The number of hydrogen-bond acceptors (Lipinski definition) is 6. The van der Waals surface area contributed by atoms with E-state index in [-0.39, 0.29) is 12.0 Å². The van der Waals surface area contributed by atoms with Crippen LogP contribution in [0.15, 0.2) is 18.2 Å². The normalized spacial score (nSPS) is 17.2. The van der Waals surface area contributed by atoms with E-state index in [1.807, 2.05) is 12.1 Å². The average Bonchev–Trinajstić information content (AvgIpc) is 2.38. The molecule has 0 amide bonds. The van der Waals surface area contributed by atoms with Gasteiger partial charge < -0.3 is 15.8 Å². The van der Waals surface area contributed by atoms with Crippen molar-refractivity contribution in [3.63, 3.8) is 0 Å². The highest BCUT2D eigenvalue weighted by Crippen LogP contribution is 2.34. The van der Waals surface area contributed by atoms with Gasteiger partial charge >= 0.3 is 0 Å². The van der Waals surface area contributed by atoms with E-state index in [2.05, 4.69) is 33.3 Å². The standard InChI is InChI=1S/C14H17N5O/c1-8-3-4-12-10(7-8)11(5-6-20-12)18-14-17-9(2)16-13(15)19-14/h3-4,7,11H,5-6H2,1-2H3,(H3,15,16,17,18,19). The monoisotopic (exact) mass is 271 g/mol. The van der Waals surface area contributed by atoms with Crippen LogP contribution in [-0.4, -0.2) is 21.6 Å². The summed E-state index contributed by atoms with van der Waals surface area (Å²) < 4.78 is 5.68. The summed E-state index contributed by atoms with van der Waals surface area (Å²) in [6.07, 6.45) is 0.862. The van der Waals surface area contributed by atoms with Gasteiger partial charge in [-0.25, -0.2) is 0 Å². The van der Waals surface area contributed by atoms with E-state index < -0.39 is 0 Å². The molecule has 0 spiro atoms. The summed E-state index contributed by atoms with van der Waals surface area (Å²) in [5.74, 6) is 2.26. The number of fused-ring (bicyclic) bond motifs is 1. The molecule has 1 aliphatic heterocycles. The Bertz CT molecular complexity index is 623. The molecule has 1 atom stereocenters. The third-order valence-electron chi connectivity index (χ3n) is 3.27. The Morgan fingerprint density at radius 1 is 1.25 bits per heavy atom. The quantitative estimate of drug-likeness (QED) is 0.869. The zero-order valence-corrected chi connectivity index (χ0v) is 11.6. The molecule has 104 valence electrons. The van der Waals surface area contributed by atoms with Gasteiger partial charge in [-0.3, -0.25) is 0 Å². The van der Waals surface area contributed by atoms with Crippen LogP contribution in [-0.2, 0) is 0 Å². The molecule has 0 saturated heterocycles. The van der Waals surface area contributed by atoms with Gasteiger partial charge in [-0.15, -0.1) is 0 Å². The lowest BCUT2D eigenvalue weighted by Gasteiger charge is -2.27. The highest BCUT2D eigenvalue weighted by atomic mass is 16.5. The summed E-state index contributed by atoms with van der Waals surface area (Å²) in [5, 5.41) is 3.32. The van der Waals surface area contributed by atoms with Gasteiger partial charge in [0.2, 0.25) is 11.9 Å². The van der Waals surface area contributed by atoms with Gasteiger partial charge in [-0.1, -0.05) is 17.7 Å². The van der Waals surface area contributed by atoms with E-state index in [0.29, 0.717) is 18.4 Å². The molecule has 2 heterocycles. The first kappa shape index (κ1) is 12.7. The van der Waals surface area contributed by atoms with Crippen LogP contribution >= 0.6 is 0 Å². The number of nitrogen functional groups attached to an aromatic ring is 1. The Hall–Kier alpha value is -2.37. The number of nitrogens with zero attached hydrogens (tertiary/aromatic N) is 3. The zero-order chi connectivity index (χ0) is 14.1. The minimum absolute atomic E-state index is 0.125. The van der Waals surface area contributed by atoms with Crippen molar-refractivity contribution in [1.82, 2.24) is 15.0 Å². The average molecular weight is 271 g/mol. The maximum atomic E-state index is 5.68. The highest BCUT2D eigenvalue weighted by Gasteiger charge is 2.22. The molecule has 20 heavy (non-hydrogen) atoms. The Morgan fingerprint density at radius 3 is 2.90 bits per heavy atom. The lowest BCUT2D eigenvalue weighted by atomic mass is 9.99. The van der Waals surface area contributed by atoms with Crippen molar-refractivity contribution in [2.45, 2.75) is 26.3 Å². The van der Waals surface area contributed by atoms with Crippen LogP contribution in [0, 0.1) is 13.8 Å². The van der Waals surface area contributed by atoms with E-state index >= 15 is 0 Å². The summed E-state index contributed by atoms with van der Waals surface area (Å²) in [6.45, 7) is 4.54. The molecule has 0 radical (unpaired) electrons. The number of aromatic nitrogens is 3. The lowest BCUT2D eigenvalue weighted by molar-refractivity contribution is 0.274. The summed E-state index contributed by atoms with van der Waals surface area (Å²) in [7, 11) is 0. The molecule has 1 aliphatic rings. The fourth-order valence-corrected chi connectivity index (χ4v) is 2.39. The molecule has 1 aromatic heterocycles. The van der Waals surface area contributed by atoms with E-state index in [0.717, 1.165) is 17.7 Å². The molecule has 0 fully saturated rings. The van der Waals surface area contributed by atoms with Gasteiger partial charge in [0, 0.05) is 12.0 Å². The van der Waals surface area contributed by atoms with Crippen molar-refractivity contribution >= 4 is 11.9 Å².